The summed E-state index contributed by atoms with van der Waals surface area (Å²) in [6.45, 7) is 1.71. The molecule has 1 aliphatic heterocycles. The molecular weight excluding hydrogens is 282 g/mol. The van der Waals surface area contributed by atoms with Gasteiger partial charge in [0.25, 0.3) is 0 Å². The fourth-order valence-corrected chi connectivity index (χ4v) is 2.77. The molecule has 22 heavy (non-hydrogen) atoms. The largest absolute Gasteiger partial charge is 0.375 e. The summed E-state index contributed by atoms with van der Waals surface area (Å²) in [5.74, 6) is 0.484. The molecular formula is C15H19N5O2. The van der Waals surface area contributed by atoms with Gasteiger partial charge >= 0.3 is 0 Å². The maximum Gasteiger partial charge on any atom is 0.248 e. The van der Waals surface area contributed by atoms with Crippen LogP contribution in [-0.2, 0) is 16.0 Å². The van der Waals surface area contributed by atoms with Gasteiger partial charge in [-0.3, -0.25) is 14.9 Å². The van der Waals surface area contributed by atoms with Crippen molar-refractivity contribution < 1.29 is 9.53 Å². The minimum Gasteiger partial charge on any atom is -0.375 e. The number of aromatic nitrogens is 4. The summed E-state index contributed by atoms with van der Waals surface area (Å²) in [6.07, 6.45) is 8.88. The van der Waals surface area contributed by atoms with Gasteiger partial charge in [-0.25, -0.2) is 4.98 Å². The maximum absolute atomic E-state index is 11.8. The number of ether oxygens (including phenoxy) is 1. The first-order valence-corrected chi connectivity index (χ1v) is 7.33. The predicted octanol–water partition coefficient (Wildman–Crippen LogP) is 0.904. The molecule has 0 aliphatic carbocycles. The van der Waals surface area contributed by atoms with Gasteiger partial charge < -0.3 is 9.64 Å². The third-order valence-corrected chi connectivity index (χ3v) is 3.88. The Bertz CT molecular complexity index is 629. The molecule has 0 radical (unpaired) electrons. The second-order valence-electron chi connectivity index (χ2n) is 5.51. The monoisotopic (exact) mass is 301 g/mol. The van der Waals surface area contributed by atoms with Crippen LogP contribution in [0.25, 0.3) is 11.3 Å². The molecule has 0 bridgehead atoms. The smallest absolute Gasteiger partial charge is 0.248 e. The van der Waals surface area contributed by atoms with Gasteiger partial charge in [-0.15, -0.1) is 0 Å². The van der Waals surface area contributed by atoms with Crippen molar-refractivity contribution in [3.63, 3.8) is 0 Å². The van der Waals surface area contributed by atoms with Gasteiger partial charge in [0, 0.05) is 38.2 Å². The second-order valence-corrected chi connectivity index (χ2v) is 5.51. The van der Waals surface area contributed by atoms with Crippen LogP contribution in [0.3, 0.4) is 0 Å². The van der Waals surface area contributed by atoms with Crippen molar-refractivity contribution in [3.05, 3.63) is 30.5 Å². The number of rotatable bonds is 5. The number of nitrogens with one attached hydrogen (secondary N) is 1. The Morgan fingerprint density at radius 2 is 2.36 bits per heavy atom. The zero-order valence-corrected chi connectivity index (χ0v) is 12.5. The highest BCUT2D eigenvalue weighted by Gasteiger charge is 2.26. The minimum absolute atomic E-state index is 0.0585. The van der Waals surface area contributed by atoms with Gasteiger partial charge in [0.05, 0.1) is 23.8 Å². The lowest BCUT2D eigenvalue weighted by Crippen LogP contribution is -2.31. The van der Waals surface area contributed by atoms with Crippen LogP contribution in [0.5, 0.6) is 0 Å². The lowest BCUT2D eigenvalue weighted by atomic mass is 10.0. The van der Waals surface area contributed by atoms with Crippen LogP contribution in [0.15, 0.2) is 24.8 Å². The molecule has 2 aromatic rings. The number of hydrogen-bond donors (Lipinski definition) is 1. The van der Waals surface area contributed by atoms with Crippen molar-refractivity contribution in [1.82, 2.24) is 25.1 Å². The number of methoxy groups -OCH3 is 1. The van der Waals surface area contributed by atoms with Crippen LogP contribution in [0, 0.1) is 5.92 Å². The summed E-state index contributed by atoms with van der Waals surface area (Å²) < 4.78 is 4.90. The molecule has 1 atom stereocenters. The first-order valence-electron chi connectivity index (χ1n) is 7.33. The molecule has 0 saturated carbocycles. The number of carbonyl (C=O) groups excluding carboxylic acids is 1. The number of carbonyl (C=O) groups is 1. The fourth-order valence-electron chi connectivity index (χ4n) is 2.77. The number of H-pyrrole nitrogens is 1. The van der Waals surface area contributed by atoms with Crippen molar-refractivity contribution in [2.75, 3.05) is 26.8 Å². The number of aromatic amines is 1. The Morgan fingerprint density at radius 1 is 1.45 bits per heavy atom. The van der Waals surface area contributed by atoms with E-state index >= 15 is 0 Å². The Kier molecular flexibility index (Phi) is 4.43. The van der Waals surface area contributed by atoms with Crippen LogP contribution < -0.4 is 0 Å². The second kappa shape index (κ2) is 6.65. The summed E-state index contributed by atoms with van der Waals surface area (Å²) >= 11 is 0. The van der Waals surface area contributed by atoms with Gasteiger partial charge in [-0.1, -0.05) is 0 Å². The lowest BCUT2D eigenvalue weighted by Gasteiger charge is -2.15. The lowest BCUT2D eigenvalue weighted by molar-refractivity contribution is -0.134. The van der Waals surface area contributed by atoms with Gasteiger partial charge in [-0.05, 0) is 18.8 Å². The molecule has 3 rings (SSSR count). The number of hydrogen-bond acceptors (Lipinski definition) is 5. The number of amides is 1. The van der Waals surface area contributed by atoms with Crippen molar-refractivity contribution in [3.8, 4) is 11.3 Å². The van der Waals surface area contributed by atoms with E-state index in [1.807, 2.05) is 4.90 Å². The molecule has 7 nitrogen and oxygen atoms in total. The van der Waals surface area contributed by atoms with Gasteiger partial charge in [-0.2, -0.15) is 5.10 Å². The SMILES string of the molecule is COCC(=O)N1CC[C@@H](Cc2cncc(-c3cn[nH]c3)n2)C1. The van der Waals surface area contributed by atoms with Crippen molar-refractivity contribution in [2.45, 2.75) is 12.8 Å². The van der Waals surface area contributed by atoms with Crippen LogP contribution in [-0.4, -0.2) is 57.8 Å². The zero-order chi connectivity index (χ0) is 15.4. The topological polar surface area (TPSA) is 84.0 Å². The van der Waals surface area contributed by atoms with E-state index in [0.717, 1.165) is 42.9 Å². The molecule has 2 aromatic heterocycles. The molecule has 1 amide bonds. The Balaban J connectivity index is 1.62. The van der Waals surface area contributed by atoms with Crippen molar-refractivity contribution in [1.29, 1.82) is 0 Å². The highest BCUT2D eigenvalue weighted by Crippen LogP contribution is 2.21. The molecule has 3 heterocycles. The third kappa shape index (κ3) is 3.30. The summed E-state index contributed by atoms with van der Waals surface area (Å²) in [5.41, 5.74) is 2.69. The van der Waals surface area contributed by atoms with Crippen LogP contribution in [0.4, 0.5) is 0 Å². The predicted molar refractivity (Wildman–Crippen MR) is 79.9 cm³/mol. The third-order valence-electron chi connectivity index (χ3n) is 3.88. The molecule has 0 unspecified atom stereocenters. The summed E-state index contributed by atoms with van der Waals surface area (Å²) in [6, 6.07) is 0. The Labute approximate surface area is 128 Å². The van der Waals surface area contributed by atoms with Gasteiger partial charge in [0.15, 0.2) is 0 Å². The maximum atomic E-state index is 11.8. The molecule has 0 spiro atoms. The molecule has 1 aliphatic rings. The summed E-state index contributed by atoms with van der Waals surface area (Å²) in [5, 5.41) is 6.71. The van der Waals surface area contributed by atoms with Crippen molar-refractivity contribution >= 4 is 5.91 Å². The van der Waals surface area contributed by atoms with Crippen molar-refractivity contribution in [2.24, 2.45) is 5.92 Å². The van der Waals surface area contributed by atoms with Crippen LogP contribution >= 0.6 is 0 Å². The van der Waals surface area contributed by atoms with E-state index in [2.05, 4.69) is 20.2 Å². The number of nitrogens with zero attached hydrogens (tertiary/aromatic N) is 4. The average Bonchev–Trinajstić information content (AvgIpc) is 3.19. The van der Waals surface area contributed by atoms with E-state index in [0.29, 0.717) is 5.92 Å². The van der Waals surface area contributed by atoms with E-state index in [-0.39, 0.29) is 12.5 Å². The Morgan fingerprint density at radius 3 is 3.14 bits per heavy atom. The fraction of sp³-hybridized carbons (Fsp3) is 0.467. The van der Waals surface area contributed by atoms with E-state index in [1.165, 1.54) is 0 Å². The molecule has 116 valence electrons. The molecule has 7 heteroatoms. The van der Waals surface area contributed by atoms with Crippen LogP contribution in [0.1, 0.15) is 12.1 Å². The van der Waals surface area contributed by atoms with Gasteiger partial charge in [0.1, 0.15) is 6.61 Å². The summed E-state index contributed by atoms with van der Waals surface area (Å²) in [4.78, 5) is 22.6. The first kappa shape index (κ1) is 14.6. The summed E-state index contributed by atoms with van der Waals surface area (Å²) in [7, 11) is 1.54. The normalized spacial score (nSPS) is 17.9. The average molecular weight is 301 g/mol. The van der Waals surface area contributed by atoms with E-state index in [4.69, 9.17) is 4.74 Å². The quantitative estimate of drug-likeness (QED) is 0.887. The molecule has 0 aromatic carbocycles. The van der Waals surface area contributed by atoms with E-state index in [1.54, 1.807) is 31.9 Å². The molecule has 1 N–H and O–H groups in total. The molecule has 1 fully saturated rings. The first-order chi connectivity index (χ1) is 10.8. The zero-order valence-electron chi connectivity index (χ0n) is 12.5. The van der Waals surface area contributed by atoms with Gasteiger partial charge in [0.2, 0.25) is 5.91 Å². The highest BCUT2D eigenvalue weighted by atomic mass is 16.5. The Hall–Kier alpha value is -2.28. The van der Waals surface area contributed by atoms with E-state index < -0.39 is 0 Å². The molecule has 1 saturated heterocycles. The minimum atomic E-state index is 0.0585. The standard InChI is InChI=1S/C15H19N5O2/c1-22-10-15(21)20-3-2-11(9-20)4-13-7-16-8-14(19-13)12-5-17-18-6-12/h5-8,11H,2-4,9-10H2,1H3,(H,17,18)/t11-/m0/s1. The van der Waals surface area contributed by atoms with E-state index in [9.17, 15) is 4.79 Å². The highest BCUT2D eigenvalue weighted by molar-refractivity contribution is 5.77. The van der Waals surface area contributed by atoms with Crippen LogP contribution in [0.2, 0.25) is 0 Å². The number of likely N-dealkylation sites (tertiary alicyclic amines) is 1.